The SMILES string of the molecule is CC(C)C1CCCN1Cc1cc(CN)co1. The molecule has 0 saturated carbocycles. The first-order chi connectivity index (χ1) is 7.70. The van der Waals surface area contributed by atoms with Gasteiger partial charge in [-0.05, 0) is 31.4 Å². The van der Waals surface area contributed by atoms with Crippen molar-refractivity contribution in [1.29, 1.82) is 0 Å². The maximum Gasteiger partial charge on any atom is 0.118 e. The highest BCUT2D eigenvalue weighted by Gasteiger charge is 2.27. The molecule has 3 heteroatoms. The Balaban J connectivity index is 1.98. The molecule has 3 nitrogen and oxygen atoms in total. The van der Waals surface area contributed by atoms with Crippen molar-refractivity contribution in [2.24, 2.45) is 11.7 Å². The second-order valence-electron chi connectivity index (χ2n) is 5.05. The van der Waals surface area contributed by atoms with Gasteiger partial charge in [0.2, 0.25) is 0 Å². The average molecular weight is 222 g/mol. The van der Waals surface area contributed by atoms with Gasteiger partial charge in [0.15, 0.2) is 0 Å². The van der Waals surface area contributed by atoms with Crippen molar-refractivity contribution in [1.82, 2.24) is 4.90 Å². The first-order valence-electron chi connectivity index (χ1n) is 6.21. The summed E-state index contributed by atoms with van der Waals surface area (Å²) in [5, 5.41) is 0. The molecule has 0 amide bonds. The molecule has 2 heterocycles. The summed E-state index contributed by atoms with van der Waals surface area (Å²) in [5.74, 6) is 1.78. The van der Waals surface area contributed by atoms with E-state index in [1.54, 1.807) is 6.26 Å². The van der Waals surface area contributed by atoms with Crippen molar-refractivity contribution in [2.45, 2.75) is 45.8 Å². The Morgan fingerprint density at radius 1 is 1.56 bits per heavy atom. The van der Waals surface area contributed by atoms with E-state index in [1.807, 2.05) is 0 Å². The van der Waals surface area contributed by atoms with E-state index in [-0.39, 0.29) is 0 Å². The van der Waals surface area contributed by atoms with Crippen LogP contribution in [0.5, 0.6) is 0 Å². The molecule has 1 aliphatic heterocycles. The molecule has 0 radical (unpaired) electrons. The molecule has 1 unspecified atom stereocenters. The third kappa shape index (κ3) is 2.47. The fourth-order valence-corrected chi connectivity index (χ4v) is 2.62. The molecule has 1 aromatic heterocycles. The van der Waals surface area contributed by atoms with Gasteiger partial charge >= 0.3 is 0 Å². The van der Waals surface area contributed by atoms with E-state index >= 15 is 0 Å². The third-order valence-corrected chi connectivity index (χ3v) is 3.49. The molecule has 1 atom stereocenters. The Hall–Kier alpha value is -0.800. The molecule has 1 aliphatic rings. The van der Waals surface area contributed by atoms with E-state index in [1.165, 1.54) is 19.4 Å². The average Bonchev–Trinajstić information content (AvgIpc) is 2.87. The van der Waals surface area contributed by atoms with E-state index in [9.17, 15) is 0 Å². The molecule has 1 saturated heterocycles. The van der Waals surface area contributed by atoms with Crippen LogP contribution >= 0.6 is 0 Å². The van der Waals surface area contributed by atoms with Gasteiger partial charge in [-0.2, -0.15) is 0 Å². The first-order valence-corrected chi connectivity index (χ1v) is 6.21. The van der Waals surface area contributed by atoms with Crippen molar-refractivity contribution in [3.8, 4) is 0 Å². The number of hydrogen-bond donors (Lipinski definition) is 1. The molecular formula is C13H22N2O. The van der Waals surface area contributed by atoms with Crippen LogP contribution in [0, 0.1) is 5.92 Å². The Morgan fingerprint density at radius 3 is 3.00 bits per heavy atom. The highest BCUT2D eigenvalue weighted by Crippen LogP contribution is 2.25. The highest BCUT2D eigenvalue weighted by molar-refractivity contribution is 5.12. The molecule has 0 aromatic carbocycles. The third-order valence-electron chi connectivity index (χ3n) is 3.49. The minimum Gasteiger partial charge on any atom is -0.468 e. The first kappa shape index (κ1) is 11.7. The predicted octanol–water partition coefficient (Wildman–Crippen LogP) is 2.36. The fourth-order valence-electron chi connectivity index (χ4n) is 2.62. The molecule has 0 bridgehead atoms. The summed E-state index contributed by atoms with van der Waals surface area (Å²) in [7, 11) is 0. The van der Waals surface area contributed by atoms with Gasteiger partial charge in [-0.1, -0.05) is 13.8 Å². The zero-order chi connectivity index (χ0) is 11.5. The molecule has 90 valence electrons. The zero-order valence-corrected chi connectivity index (χ0v) is 10.3. The van der Waals surface area contributed by atoms with E-state index in [0.717, 1.165) is 23.8 Å². The van der Waals surface area contributed by atoms with Crippen LogP contribution < -0.4 is 5.73 Å². The summed E-state index contributed by atoms with van der Waals surface area (Å²) in [5.41, 5.74) is 6.67. The summed E-state index contributed by atoms with van der Waals surface area (Å²) in [4.78, 5) is 2.53. The topological polar surface area (TPSA) is 42.4 Å². The summed E-state index contributed by atoms with van der Waals surface area (Å²) in [6.07, 6.45) is 4.41. The lowest BCUT2D eigenvalue weighted by Crippen LogP contribution is -2.32. The van der Waals surface area contributed by atoms with Gasteiger partial charge in [-0.15, -0.1) is 0 Å². The van der Waals surface area contributed by atoms with Crippen LogP contribution in [0.4, 0.5) is 0 Å². The van der Waals surface area contributed by atoms with Gasteiger partial charge < -0.3 is 10.2 Å². The molecule has 0 spiro atoms. The van der Waals surface area contributed by atoms with Crippen LogP contribution in [0.15, 0.2) is 16.7 Å². The number of rotatable bonds is 4. The number of hydrogen-bond acceptors (Lipinski definition) is 3. The second kappa shape index (κ2) is 5.02. The highest BCUT2D eigenvalue weighted by atomic mass is 16.3. The Labute approximate surface area is 97.6 Å². The maximum atomic E-state index is 5.57. The molecule has 1 aromatic rings. The van der Waals surface area contributed by atoms with Gasteiger partial charge in [0.05, 0.1) is 12.8 Å². The van der Waals surface area contributed by atoms with Crippen LogP contribution in [0.25, 0.3) is 0 Å². The maximum absolute atomic E-state index is 5.57. The second-order valence-corrected chi connectivity index (χ2v) is 5.05. The van der Waals surface area contributed by atoms with E-state index in [4.69, 9.17) is 10.2 Å². The molecule has 0 aliphatic carbocycles. The van der Waals surface area contributed by atoms with Crippen LogP contribution in [0.3, 0.4) is 0 Å². The number of furan rings is 1. The fraction of sp³-hybridized carbons (Fsp3) is 0.692. The summed E-state index contributed by atoms with van der Waals surface area (Å²) >= 11 is 0. The van der Waals surface area contributed by atoms with Crippen LogP contribution in [0.1, 0.15) is 38.0 Å². The summed E-state index contributed by atoms with van der Waals surface area (Å²) < 4.78 is 5.52. The minimum atomic E-state index is 0.567. The lowest BCUT2D eigenvalue weighted by molar-refractivity contribution is 0.185. The van der Waals surface area contributed by atoms with Crippen molar-refractivity contribution >= 4 is 0 Å². The number of nitrogens with zero attached hydrogens (tertiary/aromatic N) is 1. The predicted molar refractivity (Wildman–Crippen MR) is 64.9 cm³/mol. The number of nitrogens with two attached hydrogens (primary N) is 1. The lowest BCUT2D eigenvalue weighted by atomic mass is 10.0. The van der Waals surface area contributed by atoms with Crippen LogP contribution in [-0.4, -0.2) is 17.5 Å². The van der Waals surface area contributed by atoms with Crippen LogP contribution in [0.2, 0.25) is 0 Å². The zero-order valence-electron chi connectivity index (χ0n) is 10.3. The van der Waals surface area contributed by atoms with Gasteiger partial charge in [0, 0.05) is 18.2 Å². The molecule has 2 N–H and O–H groups in total. The quantitative estimate of drug-likeness (QED) is 0.850. The smallest absolute Gasteiger partial charge is 0.118 e. The molecular weight excluding hydrogens is 200 g/mol. The van der Waals surface area contributed by atoms with Crippen molar-refractivity contribution in [2.75, 3.05) is 6.54 Å². The van der Waals surface area contributed by atoms with Crippen molar-refractivity contribution < 1.29 is 4.42 Å². The lowest BCUT2D eigenvalue weighted by Gasteiger charge is -2.26. The van der Waals surface area contributed by atoms with E-state index < -0.39 is 0 Å². The molecule has 16 heavy (non-hydrogen) atoms. The molecule has 1 fully saturated rings. The monoisotopic (exact) mass is 222 g/mol. The normalized spacial score (nSPS) is 22.1. The Morgan fingerprint density at radius 2 is 2.38 bits per heavy atom. The van der Waals surface area contributed by atoms with Gasteiger partial charge in [-0.25, -0.2) is 0 Å². The minimum absolute atomic E-state index is 0.567. The Bertz CT molecular complexity index is 332. The Kier molecular flexibility index (Phi) is 3.66. The van der Waals surface area contributed by atoms with Gasteiger partial charge in [0.25, 0.3) is 0 Å². The van der Waals surface area contributed by atoms with Gasteiger partial charge in [-0.3, -0.25) is 4.90 Å². The number of likely N-dealkylation sites (tertiary alicyclic amines) is 1. The van der Waals surface area contributed by atoms with Gasteiger partial charge in [0.1, 0.15) is 5.76 Å². The van der Waals surface area contributed by atoms with Crippen LogP contribution in [-0.2, 0) is 13.1 Å². The van der Waals surface area contributed by atoms with Crippen molar-refractivity contribution in [3.05, 3.63) is 23.7 Å². The van der Waals surface area contributed by atoms with Crippen molar-refractivity contribution in [3.63, 3.8) is 0 Å². The molecule has 2 rings (SSSR count). The largest absolute Gasteiger partial charge is 0.468 e. The summed E-state index contributed by atoms with van der Waals surface area (Å²) in [6, 6.07) is 2.79. The van der Waals surface area contributed by atoms with E-state index in [2.05, 4.69) is 24.8 Å². The summed E-state index contributed by atoms with van der Waals surface area (Å²) in [6.45, 7) is 7.30. The standard InChI is InChI=1S/C13H22N2O/c1-10(2)13-4-3-5-15(13)8-12-6-11(7-14)9-16-12/h6,9-10,13H,3-5,7-8,14H2,1-2H3. The van der Waals surface area contributed by atoms with E-state index in [0.29, 0.717) is 12.6 Å².